The molecule has 0 bridgehead atoms. The lowest BCUT2D eigenvalue weighted by molar-refractivity contribution is 0.196. The highest BCUT2D eigenvalue weighted by Crippen LogP contribution is 2.31. The van der Waals surface area contributed by atoms with E-state index in [2.05, 4.69) is 33.2 Å². The number of aromatic nitrogens is 1. The van der Waals surface area contributed by atoms with Crippen LogP contribution >= 0.6 is 15.9 Å². The number of hydrogen-bond acceptors (Lipinski definition) is 5. The van der Waals surface area contributed by atoms with E-state index in [4.69, 9.17) is 14.6 Å². The zero-order valence-corrected chi connectivity index (χ0v) is 14.1. The van der Waals surface area contributed by atoms with Crippen molar-refractivity contribution < 1.29 is 14.6 Å². The van der Waals surface area contributed by atoms with Gasteiger partial charge in [0.05, 0.1) is 25.6 Å². The van der Waals surface area contributed by atoms with Gasteiger partial charge in [-0.15, -0.1) is 0 Å². The van der Waals surface area contributed by atoms with E-state index in [1.165, 1.54) is 0 Å². The second-order valence-electron chi connectivity index (χ2n) is 4.74. The number of hydrogen-bond donors (Lipinski definition) is 2. The minimum absolute atomic E-state index is 0.0290. The maximum absolute atomic E-state index is 8.83. The number of halogens is 1. The monoisotopic (exact) mass is 366 g/mol. The molecule has 2 aromatic rings. The van der Waals surface area contributed by atoms with Crippen molar-refractivity contribution in [3.8, 4) is 11.5 Å². The summed E-state index contributed by atoms with van der Waals surface area (Å²) >= 11 is 3.41. The van der Waals surface area contributed by atoms with Crippen LogP contribution in [0.1, 0.15) is 18.5 Å². The fourth-order valence-electron chi connectivity index (χ4n) is 2.05. The molecule has 1 heterocycles. The van der Waals surface area contributed by atoms with Gasteiger partial charge < -0.3 is 19.9 Å². The van der Waals surface area contributed by atoms with Crippen molar-refractivity contribution in [2.24, 2.45) is 0 Å². The Balaban J connectivity index is 2.13. The third-order valence-electron chi connectivity index (χ3n) is 3.12. The Bertz CT molecular complexity index is 622. The summed E-state index contributed by atoms with van der Waals surface area (Å²) in [5, 5.41) is 12.2. The number of rotatable bonds is 7. The van der Waals surface area contributed by atoms with Crippen LogP contribution in [-0.4, -0.2) is 30.4 Å². The summed E-state index contributed by atoms with van der Waals surface area (Å²) in [7, 11) is 1.60. The minimum Gasteiger partial charge on any atom is -0.493 e. The van der Waals surface area contributed by atoms with Gasteiger partial charge in [0.25, 0.3) is 0 Å². The van der Waals surface area contributed by atoms with Gasteiger partial charge in [-0.25, -0.2) is 0 Å². The van der Waals surface area contributed by atoms with Crippen LogP contribution in [0.25, 0.3) is 0 Å². The first-order valence-corrected chi connectivity index (χ1v) is 7.72. The van der Waals surface area contributed by atoms with E-state index in [0.717, 1.165) is 15.7 Å². The lowest BCUT2D eigenvalue weighted by Gasteiger charge is -2.18. The third-order valence-corrected chi connectivity index (χ3v) is 3.56. The van der Waals surface area contributed by atoms with Crippen molar-refractivity contribution in [2.45, 2.75) is 13.0 Å². The van der Waals surface area contributed by atoms with Crippen molar-refractivity contribution in [1.29, 1.82) is 0 Å². The van der Waals surface area contributed by atoms with E-state index in [1.54, 1.807) is 19.5 Å². The van der Waals surface area contributed by atoms with Crippen LogP contribution in [0.5, 0.6) is 11.5 Å². The molecule has 0 aliphatic rings. The van der Waals surface area contributed by atoms with Gasteiger partial charge in [-0.3, -0.25) is 4.98 Å². The maximum atomic E-state index is 8.83. The van der Waals surface area contributed by atoms with Crippen LogP contribution in [0, 0.1) is 0 Å². The number of nitrogens with zero attached hydrogens (tertiary/aromatic N) is 1. The first kappa shape index (κ1) is 16.6. The summed E-state index contributed by atoms with van der Waals surface area (Å²) in [6.45, 7) is 2.27. The zero-order valence-electron chi connectivity index (χ0n) is 12.5. The van der Waals surface area contributed by atoms with Gasteiger partial charge in [0.1, 0.15) is 6.61 Å². The zero-order chi connectivity index (χ0) is 15.9. The number of benzene rings is 1. The van der Waals surface area contributed by atoms with Gasteiger partial charge in [0.2, 0.25) is 0 Å². The molecule has 1 aromatic carbocycles. The molecule has 1 atom stereocenters. The van der Waals surface area contributed by atoms with E-state index < -0.39 is 0 Å². The smallest absolute Gasteiger partial charge is 0.161 e. The second-order valence-corrected chi connectivity index (χ2v) is 5.66. The summed E-state index contributed by atoms with van der Waals surface area (Å²) in [5.74, 6) is 1.27. The Hall–Kier alpha value is -1.79. The number of anilines is 1. The highest BCUT2D eigenvalue weighted by Gasteiger charge is 2.11. The Morgan fingerprint density at radius 2 is 2.09 bits per heavy atom. The molecular weight excluding hydrogens is 348 g/mol. The highest BCUT2D eigenvalue weighted by molar-refractivity contribution is 9.10. The topological polar surface area (TPSA) is 63.6 Å². The molecule has 5 nitrogen and oxygen atoms in total. The van der Waals surface area contributed by atoms with Gasteiger partial charge in [-0.2, -0.15) is 0 Å². The highest BCUT2D eigenvalue weighted by atomic mass is 79.9. The first-order chi connectivity index (χ1) is 10.6. The van der Waals surface area contributed by atoms with Crippen molar-refractivity contribution in [1.82, 2.24) is 4.98 Å². The summed E-state index contributed by atoms with van der Waals surface area (Å²) in [6.07, 6.45) is 3.52. The van der Waals surface area contributed by atoms with Crippen LogP contribution in [0.3, 0.4) is 0 Å². The molecule has 0 aliphatic carbocycles. The van der Waals surface area contributed by atoms with Gasteiger partial charge in [0, 0.05) is 16.7 Å². The summed E-state index contributed by atoms with van der Waals surface area (Å²) in [5.41, 5.74) is 2.00. The van der Waals surface area contributed by atoms with Crippen molar-refractivity contribution in [3.05, 3.63) is 46.7 Å². The molecule has 1 aromatic heterocycles. The molecule has 22 heavy (non-hydrogen) atoms. The number of methoxy groups -OCH3 is 1. The molecule has 0 radical (unpaired) electrons. The number of aliphatic hydroxyl groups is 1. The number of aliphatic hydroxyl groups excluding tert-OH is 1. The average molecular weight is 367 g/mol. The predicted molar refractivity (Wildman–Crippen MR) is 89.5 cm³/mol. The molecule has 0 amide bonds. The normalized spacial score (nSPS) is 11.8. The first-order valence-electron chi connectivity index (χ1n) is 6.92. The van der Waals surface area contributed by atoms with Crippen LogP contribution in [-0.2, 0) is 0 Å². The van der Waals surface area contributed by atoms with E-state index in [0.29, 0.717) is 11.5 Å². The Morgan fingerprint density at radius 1 is 1.27 bits per heavy atom. The molecule has 0 saturated heterocycles. The molecule has 0 saturated carbocycles. The van der Waals surface area contributed by atoms with Crippen LogP contribution in [0.2, 0.25) is 0 Å². The number of nitrogens with one attached hydrogen (secondary N) is 1. The van der Waals surface area contributed by atoms with Gasteiger partial charge >= 0.3 is 0 Å². The fourth-order valence-corrected chi connectivity index (χ4v) is 2.42. The lowest BCUT2D eigenvalue weighted by atomic mass is 10.1. The maximum Gasteiger partial charge on any atom is 0.161 e. The Morgan fingerprint density at radius 3 is 2.77 bits per heavy atom. The molecule has 0 fully saturated rings. The van der Waals surface area contributed by atoms with E-state index >= 15 is 0 Å². The second kappa shape index (κ2) is 8.00. The number of ether oxygens (including phenoxy) is 2. The molecule has 6 heteroatoms. The van der Waals surface area contributed by atoms with Gasteiger partial charge in [-0.1, -0.05) is 6.07 Å². The molecule has 2 N–H and O–H groups in total. The summed E-state index contributed by atoms with van der Waals surface area (Å²) < 4.78 is 11.7. The van der Waals surface area contributed by atoms with Crippen molar-refractivity contribution in [2.75, 3.05) is 25.6 Å². The van der Waals surface area contributed by atoms with Crippen LogP contribution in [0.15, 0.2) is 41.1 Å². The molecule has 0 spiro atoms. The van der Waals surface area contributed by atoms with Crippen LogP contribution in [0.4, 0.5) is 5.69 Å². The molecular formula is C16H19BrN2O3. The Labute approximate surface area is 138 Å². The SMILES string of the molecule is COc1cc(C(C)Nc2cncc(Br)c2)ccc1OCCO. The van der Waals surface area contributed by atoms with E-state index in [1.807, 2.05) is 24.3 Å². The molecule has 2 rings (SSSR count). The predicted octanol–water partition coefficient (Wildman–Crippen LogP) is 3.40. The van der Waals surface area contributed by atoms with Crippen molar-refractivity contribution in [3.63, 3.8) is 0 Å². The lowest BCUT2D eigenvalue weighted by Crippen LogP contribution is -2.08. The standard InChI is InChI=1S/C16H19BrN2O3/c1-11(19-14-8-13(17)9-18-10-14)12-3-4-15(22-6-5-20)16(7-12)21-2/h3-4,7-11,19-20H,5-6H2,1-2H3. The van der Waals surface area contributed by atoms with Gasteiger partial charge in [-0.05, 0) is 46.6 Å². The summed E-state index contributed by atoms with van der Waals surface area (Å²) in [4.78, 5) is 4.13. The number of pyridine rings is 1. The molecule has 118 valence electrons. The molecule has 0 aliphatic heterocycles. The van der Waals surface area contributed by atoms with Crippen molar-refractivity contribution >= 4 is 21.6 Å². The average Bonchev–Trinajstić information content (AvgIpc) is 2.52. The summed E-state index contributed by atoms with van der Waals surface area (Å²) in [6, 6.07) is 7.80. The quantitative estimate of drug-likeness (QED) is 0.786. The fraction of sp³-hybridized carbons (Fsp3) is 0.312. The Kier molecular flexibility index (Phi) is 6.03. The minimum atomic E-state index is -0.0290. The third kappa shape index (κ3) is 4.35. The molecule has 1 unspecified atom stereocenters. The largest absolute Gasteiger partial charge is 0.493 e. The van der Waals surface area contributed by atoms with E-state index in [-0.39, 0.29) is 19.3 Å². The van der Waals surface area contributed by atoms with E-state index in [9.17, 15) is 0 Å². The van der Waals surface area contributed by atoms with Gasteiger partial charge in [0.15, 0.2) is 11.5 Å². The van der Waals surface area contributed by atoms with Crippen LogP contribution < -0.4 is 14.8 Å².